The fourth-order valence-corrected chi connectivity index (χ4v) is 6.03. The predicted molar refractivity (Wildman–Crippen MR) is 112 cm³/mol. The van der Waals surface area contributed by atoms with Crippen LogP contribution >= 0.6 is 0 Å². The van der Waals surface area contributed by atoms with Crippen LogP contribution in [0.15, 0.2) is 29.2 Å². The summed E-state index contributed by atoms with van der Waals surface area (Å²) in [6, 6.07) is 2.73. The van der Waals surface area contributed by atoms with E-state index in [1.807, 2.05) is 0 Å². The number of nitrogens with two attached hydrogens (primary N) is 1. The monoisotopic (exact) mass is 474 g/mol. The van der Waals surface area contributed by atoms with Crippen molar-refractivity contribution >= 4 is 26.0 Å². The minimum absolute atomic E-state index is 0.0807. The number of rotatable bonds is 6. The van der Waals surface area contributed by atoms with Crippen LogP contribution in [0.4, 0.5) is 0 Å². The lowest BCUT2D eigenvalue weighted by Gasteiger charge is -2.42. The molecule has 2 rings (SSSR count). The van der Waals surface area contributed by atoms with Crippen molar-refractivity contribution < 1.29 is 31.6 Å². The Balaban J connectivity index is 2.28. The molecule has 3 unspecified atom stereocenters. The van der Waals surface area contributed by atoms with Crippen molar-refractivity contribution in [1.29, 1.82) is 0 Å². The number of hydrogen-bond acceptors (Lipinski definition) is 8. The van der Waals surface area contributed by atoms with Gasteiger partial charge in [-0.2, -0.15) is 8.61 Å². The van der Waals surface area contributed by atoms with E-state index in [-0.39, 0.29) is 30.6 Å². The van der Waals surface area contributed by atoms with Crippen molar-refractivity contribution in [1.82, 2.24) is 14.1 Å². The number of hydrogen-bond donors (Lipinski definition) is 3. The van der Waals surface area contributed by atoms with Gasteiger partial charge in [-0.3, -0.25) is 10.0 Å². The Kier molecular flexibility index (Phi) is 8.04. The van der Waals surface area contributed by atoms with Gasteiger partial charge in [0.25, 0.3) is 5.91 Å². The normalized spacial score (nSPS) is 21.6. The highest BCUT2D eigenvalue weighted by Crippen LogP contribution is 2.27. The Bertz CT molecular complexity index is 1060. The molecule has 1 aliphatic rings. The van der Waals surface area contributed by atoms with Crippen molar-refractivity contribution in [3.05, 3.63) is 24.3 Å². The summed E-state index contributed by atoms with van der Waals surface area (Å²) in [7, 11) is -7.87. The zero-order chi connectivity index (χ0) is 23.4. The number of carbonyl (C=O) groups is 1. The first-order valence-electron chi connectivity index (χ1n) is 9.29. The highest BCUT2D eigenvalue weighted by molar-refractivity contribution is 7.89. The third-order valence-corrected chi connectivity index (χ3v) is 7.90. The number of nitrogens with zero attached hydrogens (tertiary/aromatic N) is 2. The predicted octanol–water partition coefficient (Wildman–Crippen LogP) is -1.06. The maximum atomic E-state index is 13.2. The van der Waals surface area contributed by atoms with Crippen molar-refractivity contribution in [2.24, 2.45) is 5.73 Å². The third kappa shape index (κ3) is 5.94. The quantitative estimate of drug-likeness (QED) is 0.267. The number of carbonyl (C=O) groups excluding carboxylic acids is 1. The van der Waals surface area contributed by atoms with E-state index in [0.29, 0.717) is 5.75 Å². The largest absolute Gasteiger partial charge is 0.481 e. The summed E-state index contributed by atoms with van der Waals surface area (Å²) < 4.78 is 57.7. The number of hydroxylamine groups is 1. The number of sulfonamides is 2. The Morgan fingerprint density at radius 2 is 1.84 bits per heavy atom. The van der Waals surface area contributed by atoms with Crippen LogP contribution in [0.1, 0.15) is 13.8 Å². The lowest BCUT2D eigenvalue weighted by atomic mass is 10.1. The van der Waals surface area contributed by atoms with Crippen LogP contribution in [0.2, 0.25) is 0 Å². The second-order valence-corrected chi connectivity index (χ2v) is 10.8. The Hall–Kier alpha value is -2.21. The zero-order valence-corrected chi connectivity index (χ0v) is 19.0. The van der Waals surface area contributed by atoms with E-state index in [4.69, 9.17) is 15.7 Å². The van der Waals surface area contributed by atoms with E-state index in [9.17, 15) is 21.6 Å². The molecule has 4 N–H and O–H groups in total. The molecule has 3 atom stereocenters. The maximum Gasteiger partial charge on any atom is 0.263 e. The Morgan fingerprint density at radius 1 is 1.26 bits per heavy atom. The lowest BCUT2D eigenvalue weighted by Crippen LogP contribution is -2.65. The zero-order valence-electron chi connectivity index (χ0n) is 17.3. The lowest BCUT2D eigenvalue weighted by molar-refractivity contribution is -0.135. The third-order valence-electron chi connectivity index (χ3n) is 4.64. The van der Waals surface area contributed by atoms with Crippen molar-refractivity contribution in [3.8, 4) is 17.6 Å². The average Bonchev–Trinajstić information content (AvgIpc) is 2.69. The van der Waals surface area contributed by atoms with Gasteiger partial charge in [0.05, 0.1) is 17.2 Å². The van der Waals surface area contributed by atoms with Crippen molar-refractivity contribution in [3.63, 3.8) is 0 Å². The van der Waals surface area contributed by atoms with Gasteiger partial charge in [-0.25, -0.2) is 22.3 Å². The number of benzene rings is 1. The van der Waals surface area contributed by atoms with Crippen LogP contribution < -0.4 is 16.0 Å². The molecule has 0 aromatic heterocycles. The van der Waals surface area contributed by atoms with Gasteiger partial charge in [0.1, 0.15) is 18.4 Å². The summed E-state index contributed by atoms with van der Waals surface area (Å²) in [6.07, 6.45) is 0.971. The fourth-order valence-electron chi connectivity index (χ4n) is 3.26. The van der Waals surface area contributed by atoms with Gasteiger partial charge in [0, 0.05) is 19.1 Å². The van der Waals surface area contributed by atoms with Crippen LogP contribution in [0.3, 0.4) is 0 Å². The Morgan fingerprint density at radius 3 is 2.35 bits per heavy atom. The summed E-state index contributed by atoms with van der Waals surface area (Å²) in [5, 5.41) is 9.10. The van der Waals surface area contributed by atoms with E-state index in [1.54, 1.807) is 6.92 Å². The molecular formula is C18H26N4O7S2. The first kappa shape index (κ1) is 25.1. The van der Waals surface area contributed by atoms with Gasteiger partial charge in [-0.15, -0.1) is 0 Å². The number of piperazine rings is 1. The topological polar surface area (TPSA) is 159 Å². The molecule has 1 aromatic rings. The fraction of sp³-hybridized carbons (Fsp3) is 0.500. The van der Waals surface area contributed by atoms with Gasteiger partial charge >= 0.3 is 0 Å². The molecule has 1 aliphatic heterocycles. The molecule has 172 valence electrons. The van der Waals surface area contributed by atoms with E-state index in [1.165, 1.54) is 36.7 Å². The molecule has 0 bridgehead atoms. The number of amides is 1. The molecule has 0 spiro atoms. The average molecular weight is 475 g/mol. The molecule has 0 aliphatic carbocycles. The molecule has 0 radical (unpaired) electrons. The van der Waals surface area contributed by atoms with E-state index in [0.717, 1.165) is 14.9 Å². The molecule has 1 fully saturated rings. The molecule has 1 amide bonds. The molecule has 13 heteroatoms. The van der Waals surface area contributed by atoms with Gasteiger partial charge in [-0.05, 0) is 38.1 Å². The molecule has 0 saturated carbocycles. The minimum atomic E-state index is -4.18. The SMILES string of the molecule is CC(N)C#CCOc1ccc(S(=O)(=O)N2CCN(S(C)(=O)=O)C(C)C2C(=O)NO)cc1. The molecule has 1 saturated heterocycles. The Labute approximate surface area is 182 Å². The molecule has 1 aromatic carbocycles. The second kappa shape index (κ2) is 9.94. The van der Waals surface area contributed by atoms with Crippen LogP contribution in [-0.2, 0) is 24.8 Å². The van der Waals surface area contributed by atoms with Crippen LogP contribution in [0.25, 0.3) is 0 Å². The number of nitrogens with one attached hydrogen (secondary N) is 1. The molecule has 1 heterocycles. The first-order valence-corrected chi connectivity index (χ1v) is 12.6. The molecular weight excluding hydrogens is 448 g/mol. The standard InChI is InChI=1S/C18H26N4O7S2/c1-13(19)5-4-12-29-15-6-8-16(9-7-15)31(27,28)22-11-10-21(30(3,25)26)14(2)17(22)18(23)20-24/h6-9,13-14,17,24H,10-12,19H2,1-3H3,(H,20,23). The van der Waals surface area contributed by atoms with E-state index < -0.39 is 38.0 Å². The number of ether oxygens (including phenoxy) is 1. The van der Waals surface area contributed by atoms with Crippen molar-refractivity contribution in [2.75, 3.05) is 26.0 Å². The highest BCUT2D eigenvalue weighted by Gasteiger charge is 2.47. The second-order valence-electron chi connectivity index (χ2n) is 7.02. The maximum absolute atomic E-state index is 13.2. The van der Waals surface area contributed by atoms with Gasteiger partial charge in [0.2, 0.25) is 20.0 Å². The minimum Gasteiger partial charge on any atom is -0.481 e. The summed E-state index contributed by atoms with van der Waals surface area (Å²) in [5.41, 5.74) is 6.94. The smallest absolute Gasteiger partial charge is 0.263 e. The van der Waals surface area contributed by atoms with Gasteiger partial charge < -0.3 is 10.5 Å². The van der Waals surface area contributed by atoms with Crippen LogP contribution in [-0.4, -0.2) is 80.6 Å². The van der Waals surface area contributed by atoms with Crippen LogP contribution in [0.5, 0.6) is 5.75 Å². The first-order chi connectivity index (χ1) is 14.4. The van der Waals surface area contributed by atoms with Crippen LogP contribution in [0, 0.1) is 11.8 Å². The summed E-state index contributed by atoms with van der Waals surface area (Å²) in [6.45, 7) is 2.82. The summed E-state index contributed by atoms with van der Waals surface area (Å²) >= 11 is 0. The van der Waals surface area contributed by atoms with E-state index in [2.05, 4.69) is 11.8 Å². The summed E-state index contributed by atoms with van der Waals surface area (Å²) in [5.74, 6) is 4.82. The highest BCUT2D eigenvalue weighted by atomic mass is 32.2. The van der Waals surface area contributed by atoms with Crippen molar-refractivity contribution in [2.45, 2.75) is 36.9 Å². The van der Waals surface area contributed by atoms with E-state index >= 15 is 0 Å². The molecule has 31 heavy (non-hydrogen) atoms. The summed E-state index contributed by atoms with van der Waals surface area (Å²) in [4.78, 5) is 12.1. The van der Waals surface area contributed by atoms with Gasteiger partial charge in [-0.1, -0.05) is 11.8 Å². The van der Waals surface area contributed by atoms with Gasteiger partial charge in [0.15, 0.2) is 0 Å². The molecule has 11 nitrogen and oxygen atoms in total.